The molecule has 0 rings (SSSR count). The van der Waals surface area contributed by atoms with E-state index < -0.39 is 5.97 Å². The zero-order valence-corrected chi connectivity index (χ0v) is 8.54. The van der Waals surface area contributed by atoms with Gasteiger partial charge in [-0.1, -0.05) is 13.3 Å². The van der Waals surface area contributed by atoms with Gasteiger partial charge in [0.2, 0.25) is 0 Å². The molecule has 0 aliphatic rings. The van der Waals surface area contributed by atoms with Gasteiger partial charge >= 0.3 is 5.97 Å². The van der Waals surface area contributed by atoms with Crippen molar-refractivity contribution < 1.29 is 14.6 Å². The molecule has 1 atom stereocenters. The molecule has 13 heavy (non-hydrogen) atoms. The van der Waals surface area contributed by atoms with Gasteiger partial charge in [0.25, 0.3) is 0 Å². The third-order valence-electron chi connectivity index (χ3n) is 1.73. The fourth-order valence-electron chi connectivity index (χ4n) is 1.06. The molecule has 0 aromatic rings. The second-order valence-electron chi connectivity index (χ2n) is 2.94. The van der Waals surface area contributed by atoms with E-state index in [4.69, 9.17) is 9.84 Å². The molecule has 3 nitrogen and oxygen atoms in total. The van der Waals surface area contributed by atoms with Gasteiger partial charge in [0.15, 0.2) is 0 Å². The average Bonchev–Trinajstić information content (AvgIpc) is 2.05. The van der Waals surface area contributed by atoms with Crippen LogP contribution in [0.2, 0.25) is 0 Å². The van der Waals surface area contributed by atoms with Crippen LogP contribution in [0.15, 0.2) is 11.6 Å². The highest BCUT2D eigenvalue weighted by Gasteiger charge is 2.07. The van der Waals surface area contributed by atoms with Gasteiger partial charge in [-0.2, -0.15) is 0 Å². The van der Waals surface area contributed by atoms with Gasteiger partial charge in [-0.15, -0.1) is 0 Å². The summed E-state index contributed by atoms with van der Waals surface area (Å²) in [5.74, 6) is -0.874. The maximum Gasteiger partial charge on any atom is 0.331 e. The number of carbonyl (C=O) groups is 1. The van der Waals surface area contributed by atoms with E-state index in [9.17, 15) is 4.79 Å². The van der Waals surface area contributed by atoms with Crippen molar-refractivity contribution in [3.8, 4) is 0 Å². The smallest absolute Gasteiger partial charge is 0.331 e. The highest BCUT2D eigenvalue weighted by atomic mass is 16.5. The Morgan fingerprint density at radius 3 is 2.54 bits per heavy atom. The number of carboxylic acid groups (broad SMARTS) is 1. The summed E-state index contributed by atoms with van der Waals surface area (Å²) in [5.41, 5.74) is 0.354. The summed E-state index contributed by atoms with van der Waals surface area (Å²) in [7, 11) is 0. The standard InChI is InChI=1S/C10H18O3/c1-4-6-9(13-5-2)7-8(3)10(11)12/h7,9H,4-6H2,1-3H3,(H,11,12)/b8-7+. The first-order chi connectivity index (χ1) is 6.11. The Hall–Kier alpha value is -0.830. The monoisotopic (exact) mass is 186 g/mol. The summed E-state index contributed by atoms with van der Waals surface area (Å²) < 4.78 is 5.36. The average molecular weight is 186 g/mol. The molecular weight excluding hydrogens is 168 g/mol. The van der Waals surface area contributed by atoms with Gasteiger partial charge < -0.3 is 9.84 Å². The Balaban J connectivity index is 4.20. The lowest BCUT2D eigenvalue weighted by Gasteiger charge is -2.11. The van der Waals surface area contributed by atoms with Crippen molar-refractivity contribution >= 4 is 5.97 Å². The Bertz CT molecular complexity index is 179. The molecule has 3 heteroatoms. The molecule has 0 heterocycles. The van der Waals surface area contributed by atoms with Gasteiger partial charge in [-0.25, -0.2) is 4.79 Å². The largest absolute Gasteiger partial charge is 0.478 e. The molecule has 0 radical (unpaired) electrons. The lowest BCUT2D eigenvalue weighted by molar-refractivity contribution is -0.132. The molecule has 0 amide bonds. The van der Waals surface area contributed by atoms with Gasteiger partial charge in [-0.3, -0.25) is 0 Å². The molecule has 0 bridgehead atoms. The maximum absolute atomic E-state index is 10.5. The van der Waals surface area contributed by atoms with Crippen molar-refractivity contribution in [2.24, 2.45) is 0 Å². The Labute approximate surface area is 79.4 Å². The molecule has 1 N–H and O–H groups in total. The van der Waals surface area contributed by atoms with Gasteiger partial charge in [-0.05, 0) is 26.3 Å². The molecular formula is C10H18O3. The van der Waals surface area contributed by atoms with E-state index >= 15 is 0 Å². The van der Waals surface area contributed by atoms with Gasteiger partial charge in [0.1, 0.15) is 0 Å². The van der Waals surface area contributed by atoms with Crippen molar-refractivity contribution in [3.63, 3.8) is 0 Å². The SMILES string of the molecule is CCCC(/C=C(\C)C(=O)O)OCC. The van der Waals surface area contributed by atoms with Crippen LogP contribution in [0, 0.1) is 0 Å². The maximum atomic E-state index is 10.5. The van der Waals surface area contributed by atoms with Gasteiger partial charge in [0, 0.05) is 12.2 Å². The Morgan fingerprint density at radius 1 is 1.54 bits per heavy atom. The predicted molar refractivity (Wildman–Crippen MR) is 51.7 cm³/mol. The van der Waals surface area contributed by atoms with Crippen LogP contribution in [0.3, 0.4) is 0 Å². The zero-order valence-electron chi connectivity index (χ0n) is 8.54. The molecule has 1 unspecified atom stereocenters. The third-order valence-corrected chi connectivity index (χ3v) is 1.73. The molecule has 0 saturated carbocycles. The van der Waals surface area contributed by atoms with E-state index in [2.05, 4.69) is 6.92 Å². The van der Waals surface area contributed by atoms with Crippen LogP contribution in [0.1, 0.15) is 33.6 Å². The Kier molecular flexibility index (Phi) is 6.24. The summed E-state index contributed by atoms with van der Waals surface area (Å²) in [6, 6.07) is 0. The fourth-order valence-corrected chi connectivity index (χ4v) is 1.06. The molecule has 0 aromatic carbocycles. The summed E-state index contributed by atoms with van der Waals surface area (Å²) in [6.45, 7) is 6.17. The minimum absolute atomic E-state index is 0.0499. The zero-order chi connectivity index (χ0) is 10.3. The molecule has 0 spiro atoms. The normalized spacial score (nSPS) is 14.2. The second kappa shape index (κ2) is 6.66. The lowest BCUT2D eigenvalue weighted by Crippen LogP contribution is -2.11. The van der Waals surface area contributed by atoms with Crippen molar-refractivity contribution in [1.82, 2.24) is 0 Å². The number of ether oxygens (including phenoxy) is 1. The number of aliphatic carboxylic acids is 1. The van der Waals surface area contributed by atoms with Crippen LogP contribution >= 0.6 is 0 Å². The summed E-state index contributed by atoms with van der Waals surface area (Å²) in [6.07, 6.45) is 3.49. The fraction of sp³-hybridized carbons (Fsp3) is 0.700. The van der Waals surface area contributed by atoms with Crippen LogP contribution < -0.4 is 0 Å². The Morgan fingerprint density at radius 2 is 2.15 bits per heavy atom. The lowest BCUT2D eigenvalue weighted by atomic mass is 10.1. The molecule has 0 saturated heterocycles. The molecule has 0 aromatic heterocycles. The highest BCUT2D eigenvalue weighted by molar-refractivity contribution is 5.85. The van der Waals surface area contributed by atoms with Crippen LogP contribution in [-0.4, -0.2) is 23.8 Å². The topological polar surface area (TPSA) is 46.5 Å². The molecule has 0 aliphatic heterocycles. The van der Waals surface area contributed by atoms with E-state index in [1.165, 1.54) is 0 Å². The van der Waals surface area contributed by atoms with Crippen LogP contribution in [0.25, 0.3) is 0 Å². The van der Waals surface area contributed by atoms with Gasteiger partial charge in [0.05, 0.1) is 6.10 Å². The second-order valence-corrected chi connectivity index (χ2v) is 2.94. The van der Waals surface area contributed by atoms with E-state index in [1.54, 1.807) is 13.0 Å². The van der Waals surface area contributed by atoms with E-state index in [1.807, 2.05) is 6.92 Å². The number of hydrogen-bond acceptors (Lipinski definition) is 2. The van der Waals surface area contributed by atoms with E-state index in [0.29, 0.717) is 12.2 Å². The summed E-state index contributed by atoms with van der Waals surface area (Å²) in [5, 5.41) is 8.64. The highest BCUT2D eigenvalue weighted by Crippen LogP contribution is 2.07. The minimum Gasteiger partial charge on any atom is -0.478 e. The summed E-state index contributed by atoms with van der Waals surface area (Å²) in [4.78, 5) is 10.5. The van der Waals surface area contributed by atoms with Crippen molar-refractivity contribution in [3.05, 3.63) is 11.6 Å². The molecule has 0 aliphatic carbocycles. The number of rotatable bonds is 6. The van der Waals surface area contributed by atoms with Crippen LogP contribution in [0.4, 0.5) is 0 Å². The van der Waals surface area contributed by atoms with Crippen LogP contribution in [-0.2, 0) is 9.53 Å². The van der Waals surface area contributed by atoms with Crippen LogP contribution in [0.5, 0.6) is 0 Å². The first-order valence-electron chi connectivity index (χ1n) is 4.65. The molecule has 76 valence electrons. The first-order valence-corrected chi connectivity index (χ1v) is 4.65. The number of hydrogen-bond donors (Lipinski definition) is 1. The van der Waals surface area contributed by atoms with E-state index in [-0.39, 0.29) is 6.10 Å². The van der Waals surface area contributed by atoms with Crippen molar-refractivity contribution in [1.29, 1.82) is 0 Å². The quantitative estimate of drug-likeness (QED) is 0.647. The van der Waals surface area contributed by atoms with Crippen molar-refractivity contribution in [2.45, 2.75) is 39.7 Å². The first kappa shape index (κ1) is 12.2. The predicted octanol–water partition coefficient (Wildman–Crippen LogP) is 2.22. The minimum atomic E-state index is -0.874. The third kappa shape index (κ3) is 5.42. The van der Waals surface area contributed by atoms with Crippen molar-refractivity contribution in [2.75, 3.05) is 6.61 Å². The van der Waals surface area contributed by atoms with E-state index in [0.717, 1.165) is 12.8 Å². The molecule has 0 fully saturated rings. The summed E-state index contributed by atoms with van der Waals surface area (Å²) >= 11 is 0. The number of carboxylic acids is 1.